The van der Waals surface area contributed by atoms with E-state index in [0.717, 1.165) is 25.7 Å². The summed E-state index contributed by atoms with van der Waals surface area (Å²) in [6.07, 6.45) is 3.72. The maximum Gasteiger partial charge on any atom is 0.262 e. The van der Waals surface area contributed by atoms with Gasteiger partial charge in [-0.3, -0.25) is 4.79 Å². The number of rotatable bonds is 6. The van der Waals surface area contributed by atoms with Crippen LogP contribution in [-0.4, -0.2) is 22.7 Å². The Morgan fingerprint density at radius 3 is 2.63 bits per heavy atom. The molecule has 1 aromatic heterocycles. The molecule has 0 radical (unpaired) electrons. The molecule has 30 heavy (non-hydrogen) atoms. The molecule has 0 aliphatic heterocycles. The van der Waals surface area contributed by atoms with E-state index in [1.807, 2.05) is 0 Å². The Balaban J connectivity index is 0.00000256. The van der Waals surface area contributed by atoms with Gasteiger partial charge in [-0.15, -0.1) is 12.4 Å². The molecule has 0 spiro atoms. The Hall–Kier alpha value is -2.97. The maximum atomic E-state index is 13.7. The summed E-state index contributed by atoms with van der Waals surface area (Å²) in [6.45, 7) is -0.298. The number of hydrogen-bond acceptors (Lipinski definition) is 6. The molecule has 3 aromatic rings. The van der Waals surface area contributed by atoms with Crippen molar-refractivity contribution in [1.82, 2.24) is 10.1 Å². The lowest BCUT2D eigenvalue weighted by Gasteiger charge is -2.17. The van der Waals surface area contributed by atoms with Crippen LogP contribution in [0.5, 0.6) is 5.75 Å². The third-order valence-corrected chi connectivity index (χ3v) is 4.99. The third kappa shape index (κ3) is 4.60. The molecule has 7 nitrogen and oxygen atoms in total. The number of halogens is 2. The van der Waals surface area contributed by atoms with E-state index in [1.165, 1.54) is 12.1 Å². The van der Waals surface area contributed by atoms with Gasteiger partial charge in [-0.25, -0.2) is 4.39 Å². The normalized spacial score (nSPS) is 14.7. The largest absolute Gasteiger partial charge is 0.483 e. The van der Waals surface area contributed by atoms with Crippen LogP contribution in [0.25, 0.3) is 11.5 Å². The second-order valence-electron chi connectivity index (χ2n) is 7.10. The number of anilines is 1. The van der Waals surface area contributed by atoms with Gasteiger partial charge in [0.15, 0.2) is 12.4 Å². The summed E-state index contributed by atoms with van der Waals surface area (Å²) in [4.78, 5) is 16.6. The molecule has 0 atom stereocenters. The molecular formula is C21H22ClFN4O3. The monoisotopic (exact) mass is 432 g/mol. The van der Waals surface area contributed by atoms with Crippen molar-refractivity contribution < 1.29 is 18.4 Å². The second-order valence-corrected chi connectivity index (χ2v) is 7.10. The molecule has 158 valence electrons. The highest BCUT2D eigenvalue weighted by Gasteiger charge is 2.36. The smallest absolute Gasteiger partial charge is 0.262 e. The quantitative estimate of drug-likeness (QED) is 0.609. The van der Waals surface area contributed by atoms with Crippen molar-refractivity contribution in [1.29, 1.82) is 0 Å². The van der Waals surface area contributed by atoms with Crippen LogP contribution in [-0.2, 0) is 10.3 Å². The number of carbonyl (C=O) groups is 1. The van der Waals surface area contributed by atoms with Gasteiger partial charge < -0.3 is 20.3 Å². The van der Waals surface area contributed by atoms with E-state index in [1.54, 1.807) is 36.4 Å². The number of hydrogen-bond donors (Lipinski definition) is 2. The Morgan fingerprint density at radius 1 is 1.17 bits per heavy atom. The minimum atomic E-state index is -0.558. The van der Waals surface area contributed by atoms with Gasteiger partial charge in [-0.2, -0.15) is 4.98 Å². The highest BCUT2D eigenvalue weighted by molar-refractivity contribution is 5.92. The van der Waals surface area contributed by atoms with Crippen molar-refractivity contribution in [2.24, 2.45) is 5.73 Å². The van der Waals surface area contributed by atoms with Crippen molar-refractivity contribution in [3.8, 4) is 17.2 Å². The molecule has 1 aliphatic carbocycles. The molecule has 0 bridgehead atoms. The van der Waals surface area contributed by atoms with Gasteiger partial charge in [-0.05, 0) is 37.1 Å². The number of nitrogens with zero attached hydrogens (tertiary/aromatic N) is 2. The molecule has 1 aliphatic rings. The number of nitrogens with two attached hydrogens (primary N) is 1. The van der Waals surface area contributed by atoms with E-state index in [0.29, 0.717) is 17.1 Å². The summed E-state index contributed by atoms with van der Waals surface area (Å²) < 4.78 is 24.7. The first-order chi connectivity index (χ1) is 14.0. The zero-order valence-corrected chi connectivity index (χ0v) is 17.0. The highest BCUT2D eigenvalue weighted by Crippen LogP contribution is 2.36. The van der Waals surface area contributed by atoms with Crippen LogP contribution in [0.1, 0.15) is 31.5 Å². The summed E-state index contributed by atoms with van der Waals surface area (Å²) in [5.74, 6) is 0.174. The Labute approximate surface area is 179 Å². The van der Waals surface area contributed by atoms with Crippen LogP contribution >= 0.6 is 12.4 Å². The van der Waals surface area contributed by atoms with Crippen molar-refractivity contribution in [2.75, 3.05) is 11.9 Å². The molecule has 4 rings (SSSR count). The fraction of sp³-hybridized carbons (Fsp3) is 0.286. The first kappa shape index (κ1) is 21.7. The van der Waals surface area contributed by atoms with Gasteiger partial charge in [0, 0.05) is 0 Å². The first-order valence-electron chi connectivity index (χ1n) is 9.45. The minimum Gasteiger partial charge on any atom is -0.483 e. The lowest BCUT2D eigenvalue weighted by atomic mass is 9.99. The van der Waals surface area contributed by atoms with Crippen LogP contribution in [0.15, 0.2) is 53.1 Å². The Kier molecular flexibility index (Phi) is 6.69. The number of carbonyl (C=O) groups excluding carboxylic acids is 1. The van der Waals surface area contributed by atoms with E-state index in [-0.39, 0.29) is 30.6 Å². The number of ether oxygens (including phenoxy) is 1. The third-order valence-electron chi connectivity index (χ3n) is 4.99. The predicted octanol–water partition coefficient (Wildman–Crippen LogP) is 4.04. The van der Waals surface area contributed by atoms with Crippen molar-refractivity contribution in [2.45, 2.75) is 31.2 Å². The van der Waals surface area contributed by atoms with Crippen molar-refractivity contribution in [3.63, 3.8) is 0 Å². The van der Waals surface area contributed by atoms with Gasteiger partial charge in [-0.1, -0.05) is 42.3 Å². The van der Waals surface area contributed by atoms with Crippen LogP contribution < -0.4 is 15.8 Å². The van der Waals surface area contributed by atoms with Crippen LogP contribution in [0, 0.1) is 5.82 Å². The zero-order chi connectivity index (χ0) is 20.3. The van der Waals surface area contributed by atoms with Crippen molar-refractivity contribution in [3.05, 3.63) is 60.2 Å². The molecule has 2 aromatic carbocycles. The Bertz CT molecular complexity index is 1020. The van der Waals surface area contributed by atoms with Crippen LogP contribution in [0.4, 0.5) is 10.1 Å². The zero-order valence-electron chi connectivity index (χ0n) is 16.1. The molecule has 1 amide bonds. The van der Waals surface area contributed by atoms with E-state index >= 15 is 0 Å². The molecule has 1 heterocycles. The first-order valence-corrected chi connectivity index (χ1v) is 9.45. The summed E-state index contributed by atoms with van der Waals surface area (Å²) in [5, 5.41) is 6.54. The average Bonchev–Trinajstić information content (AvgIpc) is 3.39. The molecule has 3 N–H and O–H groups in total. The fourth-order valence-corrected chi connectivity index (χ4v) is 3.43. The maximum absolute atomic E-state index is 13.7. The standard InChI is InChI=1S/C21H21FN4O3.ClH/c22-15-8-2-3-9-16(15)24-18(27)13-28-17-10-4-1-7-14(17)19-25-20(26-29-19)21(23)11-5-6-12-21;/h1-4,7-10H,5-6,11-13,23H2,(H,24,27);1H. The molecular weight excluding hydrogens is 411 g/mol. The SMILES string of the molecule is Cl.NC1(c2noc(-c3ccccc3OCC(=O)Nc3ccccc3F)n2)CCCC1. The van der Waals surface area contributed by atoms with Gasteiger partial charge in [0.25, 0.3) is 11.8 Å². The van der Waals surface area contributed by atoms with Crippen molar-refractivity contribution >= 4 is 24.0 Å². The molecule has 0 saturated heterocycles. The number of amides is 1. The lowest BCUT2D eigenvalue weighted by molar-refractivity contribution is -0.118. The summed E-state index contributed by atoms with van der Waals surface area (Å²) in [5.41, 5.74) is 6.50. The number of nitrogens with one attached hydrogen (secondary N) is 1. The summed E-state index contributed by atoms with van der Waals surface area (Å²) >= 11 is 0. The number of aromatic nitrogens is 2. The van der Waals surface area contributed by atoms with Gasteiger partial charge in [0.05, 0.1) is 16.8 Å². The summed E-state index contributed by atoms with van der Waals surface area (Å²) in [7, 11) is 0. The molecule has 0 unspecified atom stereocenters. The van der Waals surface area contributed by atoms with Gasteiger partial charge >= 0.3 is 0 Å². The Morgan fingerprint density at radius 2 is 1.87 bits per heavy atom. The lowest BCUT2D eigenvalue weighted by Crippen LogP contribution is -2.34. The van der Waals surface area contributed by atoms with E-state index in [9.17, 15) is 9.18 Å². The van der Waals surface area contributed by atoms with Crippen LogP contribution in [0.3, 0.4) is 0 Å². The van der Waals surface area contributed by atoms with E-state index < -0.39 is 17.3 Å². The number of para-hydroxylation sites is 2. The minimum absolute atomic E-state index is 0. The molecule has 1 fully saturated rings. The molecule has 1 saturated carbocycles. The van der Waals surface area contributed by atoms with E-state index in [4.69, 9.17) is 15.0 Å². The highest BCUT2D eigenvalue weighted by atomic mass is 35.5. The van der Waals surface area contributed by atoms with Gasteiger partial charge in [0.2, 0.25) is 0 Å². The van der Waals surface area contributed by atoms with Gasteiger partial charge in [0.1, 0.15) is 11.6 Å². The molecule has 9 heteroatoms. The predicted molar refractivity (Wildman–Crippen MR) is 112 cm³/mol. The van der Waals surface area contributed by atoms with Crippen LogP contribution in [0.2, 0.25) is 0 Å². The summed E-state index contributed by atoms with van der Waals surface area (Å²) in [6, 6.07) is 13.0. The van der Waals surface area contributed by atoms with E-state index in [2.05, 4.69) is 15.5 Å². The number of benzene rings is 2. The second kappa shape index (κ2) is 9.23. The topological polar surface area (TPSA) is 103 Å². The average molecular weight is 433 g/mol. The fourth-order valence-electron chi connectivity index (χ4n) is 3.43.